The van der Waals surface area contributed by atoms with E-state index in [1.54, 1.807) is 12.1 Å². The molecule has 1 aromatic carbocycles. The number of rotatable bonds is 6. The Balaban J connectivity index is 2.51. The van der Waals surface area contributed by atoms with Crippen molar-refractivity contribution in [2.45, 2.75) is 32.7 Å². The van der Waals surface area contributed by atoms with Gasteiger partial charge in [0.2, 0.25) is 0 Å². The highest BCUT2D eigenvalue weighted by Crippen LogP contribution is 2.21. The molecule has 0 unspecified atom stereocenters. The van der Waals surface area contributed by atoms with Gasteiger partial charge < -0.3 is 10.1 Å². The zero-order valence-corrected chi connectivity index (χ0v) is 11.8. The first-order chi connectivity index (χ1) is 9.10. The van der Waals surface area contributed by atoms with Crippen LogP contribution in [-0.4, -0.2) is 18.6 Å². The van der Waals surface area contributed by atoms with Gasteiger partial charge in [0.1, 0.15) is 11.8 Å². The number of halogens is 1. The Labute approximate surface area is 118 Å². The van der Waals surface area contributed by atoms with Crippen molar-refractivity contribution in [3.63, 3.8) is 0 Å². The highest BCUT2D eigenvalue weighted by molar-refractivity contribution is 6.31. The van der Waals surface area contributed by atoms with Crippen molar-refractivity contribution in [3.8, 4) is 11.8 Å². The number of carbonyl (C=O) groups is 1. The van der Waals surface area contributed by atoms with Crippen LogP contribution in [0.25, 0.3) is 0 Å². The Hall–Kier alpha value is -1.73. The van der Waals surface area contributed by atoms with Crippen molar-refractivity contribution in [1.29, 1.82) is 5.26 Å². The Kier molecular flexibility index (Phi) is 6.17. The topological polar surface area (TPSA) is 62.1 Å². The van der Waals surface area contributed by atoms with Crippen LogP contribution in [-0.2, 0) is 4.79 Å². The Morgan fingerprint density at radius 2 is 2.16 bits per heavy atom. The first kappa shape index (κ1) is 15.3. The van der Waals surface area contributed by atoms with Crippen LogP contribution in [0.2, 0.25) is 5.02 Å². The minimum absolute atomic E-state index is 0.0568. The van der Waals surface area contributed by atoms with E-state index < -0.39 is 0 Å². The second kappa shape index (κ2) is 7.65. The fraction of sp³-hybridized carbons (Fsp3) is 0.429. The maximum Gasteiger partial charge on any atom is 0.258 e. The van der Waals surface area contributed by atoms with Gasteiger partial charge in [0.25, 0.3) is 5.91 Å². The highest BCUT2D eigenvalue weighted by Gasteiger charge is 2.09. The molecule has 1 amide bonds. The molecule has 1 rings (SSSR count). The molecular weight excluding hydrogens is 264 g/mol. The molecule has 0 radical (unpaired) electrons. The second-order valence-corrected chi connectivity index (χ2v) is 4.53. The molecule has 102 valence electrons. The predicted molar refractivity (Wildman–Crippen MR) is 74.2 cm³/mol. The molecule has 0 aliphatic rings. The maximum absolute atomic E-state index is 11.6. The van der Waals surface area contributed by atoms with E-state index in [9.17, 15) is 4.79 Å². The number of hydrogen-bond donors (Lipinski definition) is 1. The first-order valence-electron chi connectivity index (χ1n) is 6.22. The van der Waals surface area contributed by atoms with Gasteiger partial charge in [-0.3, -0.25) is 4.79 Å². The number of benzene rings is 1. The van der Waals surface area contributed by atoms with E-state index in [1.165, 1.54) is 6.07 Å². The van der Waals surface area contributed by atoms with E-state index in [0.717, 1.165) is 12.8 Å². The summed E-state index contributed by atoms with van der Waals surface area (Å²) in [4.78, 5) is 11.6. The molecule has 0 aromatic heterocycles. The number of nitrogens with one attached hydrogen (secondary N) is 1. The summed E-state index contributed by atoms with van der Waals surface area (Å²) in [6.45, 7) is 3.99. The van der Waals surface area contributed by atoms with Crippen LogP contribution in [0.3, 0.4) is 0 Å². The maximum atomic E-state index is 11.6. The van der Waals surface area contributed by atoms with Gasteiger partial charge in [-0.25, -0.2) is 0 Å². The van der Waals surface area contributed by atoms with Gasteiger partial charge in [-0.15, -0.1) is 0 Å². The van der Waals surface area contributed by atoms with Gasteiger partial charge in [-0.1, -0.05) is 25.4 Å². The van der Waals surface area contributed by atoms with E-state index in [4.69, 9.17) is 21.6 Å². The molecule has 0 aliphatic carbocycles. The van der Waals surface area contributed by atoms with Crippen LogP contribution in [0.4, 0.5) is 0 Å². The van der Waals surface area contributed by atoms with Crippen LogP contribution in [0, 0.1) is 11.3 Å². The second-order valence-electron chi connectivity index (χ2n) is 4.12. The summed E-state index contributed by atoms with van der Waals surface area (Å²) < 4.78 is 5.33. The van der Waals surface area contributed by atoms with Crippen LogP contribution >= 0.6 is 11.6 Å². The van der Waals surface area contributed by atoms with Crippen molar-refractivity contribution in [2.24, 2.45) is 0 Å². The van der Waals surface area contributed by atoms with E-state index in [1.807, 2.05) is 19.9 Å². The normalized spacial score (nSPS) is 10.1. The van der Waals surface area contributed by atoms with Gasteiger partial charge in [0.05, 0.1) is 10.6 Å². The average Bonchev–Trinajstić information content (AvgIpc) is 2.42. The minimum Gasteiger partial charge on any atom is -0.484 e. The summed E-state index contributed by atoms with van der Waals surface area (Å²) in [5.74, 6) is 0.317. The number of ether oxygens (including phenoxy) is 1. The molecule has 0 aliphatic heterocycles. The standard InChI is InChI=1S/C14H17ClN2O2/c1-3-11(4-2)17-14(18)9-19-12-6-5-10(8-16)13(15)7-12/h5-7,11H,3-4,9H2,1-2H3,(H,17,18). The fourth-order valence-electron chi connectivity index (χ4n) is 1.59. The van der Waals surface area contributed by atoms with Crippen molar-refractivity contribution in [2.75, 3.05) is 6.61 Å². The first-order valence-corrected chi connectivity index (χ1v) is 6.60. The predicted octanol–water partition coefficient (Wildman–Crippen LogP) is 2.90. The smallest absolute Gasteiger partial charge is 0.258 e. The summed E-state index contributed by atoms with van der Waals surface area (Å²) in [7, 11) is 0. The summed E-state index contributed by atoms with van der Waals surface area (Å²) in [6, 6.07) is 6.86. The van der Waals surface area contributed by atoms with Gasteiger partial charge in [0, 0.05) is 12.1 Å². The Morgan fingerprint density at radius 1 is 1.47 bits per heavy atom. The third kappa shape index (κ3) is 4.80. The van der Waals surface area contributed by atoms with E-state index in [-0.39, 0.29) is 18.6 Å². The van der Waals surface area contributed by atoms with E-state index in [2.05, 4.69) is 5.32 Å². The van der Waals surface area contributed by atoms with Crippen LogP contribution in [0.5, 0.6) is 5.75 Å². The number of nitrogens with zero attached hydrogens (tertiary/aromatic N) is 1. The molecule has 19 heavy (non-hydrogen) atoms. The lowest BCUT2D eigenvalue weighted by Crippen LogP contribution is -2.37. The summed E-state index contributed by atoms with van der Waals surface area (Å²) in [6.07, 6.45) is 1.79. The lowest BCUT2D eigenvalue weighted by Gasteiger charge is -2.15. The van der Waals surface area contributed by atoms with E-state index in [0.29, 0.717) is 16.3 Å². The van der Waals surface area contributed by atoms with Crippen molar-refractivity contribution in [1.82, 2.24) is 5.32 Å². The SMILES string of the molecule is CCC(CC)NC(=O)COc1ccc(C#N)c(Cl)c1. The average molecular weight is 281 g/mol. The van der Waals surface area contributed by atoms with Gasteiger partial charge in [-0.2, -0.15) is 5.26 Å². The number of nitriles is 1. The van der Waals surface area contributed by atoms with Gasteiger partial charge in [-0.05, 0) is 25.0 Å². The lowest BCUT2D eigenvalue weighted by atomic mass is 10.2. The van der Waals surface area contributed by atoms with Crippen LogP contribution in [0.15, 0.2) is 18.2 Å². The summed E-state index contributed by atoms with van der Waals surface area (Å²) in [5, 5.41) is 11.9. The molecule has 0 heterocycles. The molecule has 0 saturated heterocycles. The molecular formula is C14H17ClN2O2. The Morgan fingerprint density at radius 3 is 2.68 bits per heavy atom. The monoisotopic (exact) mass is 280 g/mol. The Bertz CT molecular complexity index is 479. The highest BCUT2D eigenvalue weighted by atomic mass is 35.5. The third-order valence-electron chi connectivity index (χ3n) is 2.78. The minimum atomic E-state index is -0.158. The largest absolute Gasteiger partial charge is 0.484 e. The van der Waals surface area contributed by atoms with Crippen molar-refractivity contribution in [3.05, 3.63) is 28.8 Å². The lowest BCUT2D eigenvalue weighted by molar-refractivity contribution is -0.123. The molecule has 0 bridgehead atoms. The number of carbonyl (C=O) groups excluding carboxylic acids is 1. The van der Waals surface area contributed by atoms with Gasteiger partial charge >= 0.3 is 0 Å². The zero-order chi connectivity index (χ0) is 14.3. The van der Waals surface area contributed by atoms with Crippen molar-refractivity contribution < 1.29 is 9.53 Å². The molecule has 5 heteroatoms. The molecule has 1 N–H and O–H groups in total. The molecule has 0 saturated carbocycles. The number of hydrogen-bond acceptors (Lipinski definition) is 3. The molecule has 4 nitrogen and oxygen atoms in total. The summed E-state index contributed by atoms with van der Waals surface area (Å²) in [5.41, 5.74) is 0.385. The quantitative estimate of drug-likeness (QED) is 0.871. The fourth-order valence-corrected chi connectivity index (χ4v) is 1.80. The molecule has 1 aromatic rings. The zero-order valence-electron chi connectivity index (χ0n) is 11.1. The molecule has 0 spiro atoms. The van der Waals surface area contributed by atoms with Crippen LogP contribution < -0.4 is 10.1 Å². The van der Waals surface area contributed by atoms with E-state index >= 15 is 0 Å². The summed E-state index contributed by atoms with van der Waals surface area (Å²) >= 11 is 5.87. The number of amides is 1. The van der Waals surface area contributed by atoms with Gasteiger partial charge in [0.15, 0.2) is 6.61 Å². The third-order valence-corrected chi connectivity index (χ3v) is 3.09. The van der Waals surface area contributed by atoms with Crippen molar-refractivity contribution >= 4 is 17.5 Å². The molecule has 0 atom stereocenters. The molecule has 0 fully saturated rings. The van der Waals surface area contributed by atoms with Crippen LogP contribution in [0.1, 0.15) is 32.3 Å².